The molecule has 7 nitrogen and oxygen atoms in total. The summed E-state index contributed by atoms with van der Waals surface area (Å²) in [6.07, 6.45) is 3.66. The number of aryl methyl sites for hydroxylation is 1. The molecule has 1 aromatic heterocycles. The van der Waals surface area contributed by atoms with E-state index in [-0.39, 0.29) is 31.5 Å². The Kier molecular flexibility index (Phi) is 7.84. The van der Waals surface area contributed by atoms with Crippen LogP contribution in [0.5, 0.6) is 0 Å². The highest BCUT2D eigenvalue weighted by atomic mass is 32.1. The lowest BCUT2D eigenvalue weighted by atomic mass is 9.99. The predicted molar refractivity (Wildman–Crippen MR) is 137 cm³/mol. The van der Waals surface area contributed by atoms with Crippen LogP contribution in [0.2, 0.25) is 0 Å². The van der Waals surface area contributed by atoms with Crippen LogP contribution in [-0.2, 0) is 11.2 Å². The van der Waals surface area contributed by atoms with Crippen molar-refractivity contribution in [1.29, 1.82) is 0 Å². The first-order valence-corrected chi connectivity index (χ1v) is 11.0. The van der Waals surface area contributed by atoms with Gasteiger partial charge in [0.25, 0.3) is 0 Å². The molecule has 2 aromatic carbocycles. The van der Waals surface area contributed by atoms with E-state index in [4.69, 9.17) is 6.57 Å². The molecule has 1 aliphatic heterocycles. The molecule has 0 unspecified atom stereocenters. The molecule has 34 heavy (non-hydrogen) atoms. The lowest BCUT2D eigenvalue weighted by molar-refractivity contribution is -0.135. The Hall–Kier alpha value is -3.51. The van der Waals surface area contributed by atoms with Gasteiger partial charge in [-0.05, 0) is 67.3 Å². The summed E-state index contributed by atoms with van der Waals surface area (Å²) in [5.41, 5.74) is 3.54. The van der Waals surface area contributed by atoms with E-state index >= 15 is 0 Å². The molecule has 0 saturated carbocycles. The second-order valence-corrected chi connectivity index (χ2v) is 8.56. The number of carbonyl (C=O) groups excluding carboxylic acids is 2. The number of fused-ring (bicyclic) bond motifs is 1. The van der Waals surface area contributed by atoms with Gasteiger partial charge in [0, 0.05) is 47.4 Å². The number of anilines is 2. The van der Waals surface area contributed by atoms with Crippen LogP contribution < -0.4 is 10.6 Å². The minimum atomic E-state index is -0.473. The summed E-state index contributed by atoms with van der Waals surface area (Å²) in [4.78, 5) is 33.8. The van der Waals surface area contributed by atoms with Gasteiger partial charge in [-0.15, -0.1) is 0 Å². The van der Waals surface area contributed by atoms with Crippen molar-refractivity contribution in [3.05, 3.63) is 71.0 Å². The average Bonchev–Trinajstić information content (AvgIpc) is 3.39. The molecule has 3 aromatic rings. The summed E-state index contributed by atoms with van der Waals surface area (Å²) < 4.78 is 13.6. The second kappa shape index (κ2) is 10.6. The van der Waals surface area contributed by atoms with Gasteiger partial charge in [0.05, 0.1) is 0 Å². The molecule has 0 aliphatic carbocycles. The maximum absolute atomic E-state index is 13.6. The minimum Gasteiger partial charge on any atom is -0.361 e. The molecular weight excluding hydrogens is 453 g/mol. The van der Waals surface area contributed by atoms with Crippen molar-refractivity contribution >= 4 is 47.7 Å². The number of amides is 3. The van der Waals surface area contributed by atoms with Crippen LogP contribution in [0, 0.1) is 25.2 Å². The van der Waals surface area contributed by atoms with E-state index in [0.717, 1.165) is 29.3 Å². The van der Waals surface area contributed by atoms with Crippen LogP contribution in [-0.4, -0.2) is 34.5 Å². The minimum absolute atomic E-state index is 0. The molecule has 3 N–H and O–H groups in total. The van der Waals surface area contributed by atoms with Gasteiger partial charge < -0.3 is 15.6 Å². The zero-order valence-electron chi connectivity index (χ0n) is 19.1. The molecule has 4 rings (SSSR count). The second-order valence-electron chi connectivity index (χ2n) is 8.56. The van der Waals surface area contributed by atoms with Gasteiger partial charge in [0.15, 0.2) is 0 Å². The zero-order valence-corrected chi connectivity index (χ0v) is 20.1. The highest BCUT2D eigenvalue weighted by Gasteiger charge is 2.35. The maximum atomic E-state index is 13.6. The molecular formula is C25H28FN5O2S. The molecule has 0 spiro atoms. The number of H-pyrrole nitrogens is 1. The topological polar surface area (TPSA) is 81.6 Å². The van der Waals surface area contributed by atoms with Gasteiger partial charge in [0.2, 0.25) is 5.91 Å². The fourth-order valence-electron chi connectivity index (χ4n) is 4.37. The first-order chi connectivity index (χ1) is 15.8. The van der Waals surface area contributed by atoms with Crippen LogP contribution in [0.1, 0.15) is 30.9 Å². The Morgan fingerprint density at radius 3 is 2.74 bits per heavy atom. The predicted octanol–water partition coefficient (Wildman–Crippen LogP) is 5.42. The largest absolute Gasteiger partial charge is 0.361 e. The van der Waals surface area contributed by atoms with Crippen LogP contribution >= 0.6 is 13.5 Å². The van der Waals surface area contributed by atoms with E-state index in [1.807, 2.05) is 25.3 Å². The first kappa shape index (κ1) is 25.1. The molecule has 1 saturated heterocycles. The van der Waals surface area contributed by atoms with Crippen molar-refractivity contribution in [2.45, 2.75) is 39.3 Å². The van der Waals surface area contributed by atoms with Crippen LogP contribution in [0.3, 0.4) is 0 Å². The van der Waals surface area contributed by atoms with Crippen LogP contribution in [0.15, 0.2) is 42.6 Å². The first-order valence-electron chi connectivity index (χ1n) is 11.0. The number of likely N-dealkylation sites (tertiary alicyclic amines) is 1. The summed E-state index contributed by atoms with van der Waals surface area (Å²) >= 11 is 0. The van der Waals surface area contributed by atoms with Crippen molar-refractivity contribution in [1.82, 2.24) is 9.88 Å². The van der Waals surface area contributed by atoms with Gasteiger partial charge in [0.1, 0.15) is 5.82 Å². The third-order valence-corrected chi connectivity index (χ3v) is 5.93. The number of hydrogen-bond acceptors (Lipinski definition) is 2. The van der Waals surface area contributed by atoms with Crippen molar-refractivity contribution in [3.8, 4) is 0 Å². The van der Waals surface area contributed by atoms with Crippen molar-refractivity contribution in [3.63, 3.8) is 0 Å². The molecule has 178 valence electrons. The molecule has 3 amide bonds. The number of hydrogen-bond donors (Lipinski definition) is 3. The summed E-state index contributed by atoms with van der Waals surface area (Å²) in [5.74, 6) is -0.673. The number of nitrogens with one attached hydrogen (secondary N) is 3. The monoisotopic (exact) mass is 481 g/mol. The Labute approximate surface area is 205 Å². The Balaban J connectivity index is 0.00000324. The van der Waals surface area contributed by atoms with Gasteiger partial charge in [-0.25, -0.2) is 15.8 Å². The van der Waals surface area contributed by atoms with E-state index < -0.39 is 11.8 Å². The Morgan fingerprint density at radius 2 is 2.00 bits per heavy atom. The van der Waals surface area contributed by atoms with Crippen molar-refractivity contribution in [2.24, 2.45) is 5.92 Å². The van der Waals surface area contributed by atoms with E-state index in [2.05, 4.69) is 20.5 Å². The van der Waals surface area contributed by atoms with Gasteiger partial charge in [-0.2, -0.15) is 13.5 Å². The van der Waals surface area contributed by atoms with E-state index in [1.165, 1.54) is 12.1 Å². The SMILES string of the molecule is S.[C-]#[N+][C@@H]1CCCN1C(=O)[C@H](C)Cc1c[nH]c2ccc(NC(=O)Nc3cc(C)cc(F)c3)cc12. The van der Waals surface area contributed by atoms with E-state index in [1.54, 1.807) is 24.0 Å². The Morgan fingerprint density at radius 1 is 1.24 bits per heavy atom. The number of halogens is 1. The number of benzene rings is 2. The van der Waals surface area contributed by atoms with E-state index in [9.17, 15) is 14.0 Å². The van der Waals surface area contributed by atoms with Gasteiger partial charge >= 0.3 is 12.2 Å². The quantitative estimate of drug-likeness (QED) is 0.426. The number of aromatic nitrogens is 1. The third kappa shape index (κ3) is 5.51. The number of nitrogens with zero attached hydrogens (tertiary/aromatic N) is 2. The molecule has 2 heterocycles. The Bertz CT molecular complexity index is 1230. The maximum Gasteiger partial charge on any atom is 0.323 e. The van der Waals surface area contributed by atoms with Gasteiger partial charge in [-0.3, -0.25) is 14.5 Å². The number of aromatic amines is 1. The lowest BCUT2D eigenvalue weighted by Gasteiger charge is -2.20. The number of rotatable bonds is 5. The number of urea groups is 1. The van der Waals surface area contributed by atoms with E-state index in [0.29, 0.717) is 29.9 Å². The summed E-state index contributed by atoms with van der Waals surface area (Å²) in [6, 6.07) is 9.36. The fraction of sp³-hybridized carbons (Fsp3) is 0.320. The smallest absolute Gasteiger partial charge is 0.323 e. The van der Waals surface area contributed by atoms with Crippen LogP contribution in [0.25, 0.3) is 15.7 Å². The lowest BCUT2D eigenvalue weighted by Crippen LogP contribution is -2.38. The summed E-state index contributed by atoms with van der Waals surface area (Å²) in [6.45, 7) is 11.6. The normalized spacial score (nSPS) is 15.9. The molecule has 1 fully saturated rings. The molecule has 1 aliphatic rings. The standard InChI is InChI=1S/C25H26FN5O2.H2S/c1-15-9-18(26)12-20(10-15)30-25(33)29-19-6-7-22-21(13-19)17(14-28-22)11-16(2)24(32)31-8-4-5-23(31)27-3;/h6-7,9-10,12-14,16,23,28H,4-5,8,11H2,1-2H3,(H2,29,30,33);1H2/t16-,23+;/m1./s1. The molecule has 2 atom stereocenters. The van der Waals surface area contributed by atoms with Gasteiger partial charge in [-0.1, -0.05) is 6.92 Å². The highest BCUT2D eigenvalue weighted by Crippen LogP contribution is 2.27. The summed E-state index contributed by atoms with van der Waals surface area (Å²) in [5, 5.41) is 6.34. The van der Waals surface area contributed by atoms with Crippen molar-refractivity contribution in [2.75, 3.05) is 17.2 Å². The molecule has 0 radical (unpaired) electrons. The molecule has 9 heteroatoms. The third-order valence-electron chi connectivity index (χ3n) is 5.93. The molecule has 0 bridgehead atoms. The fourth-order valence-corrected chi connectivity index (χ4v) is 4.37. The van der Waals surface area contributed by atoms with Crippen molar-refractivity contribution < 1.29 is 14.0 Å². The average molecular weight is 482 g/mol. The number of carbonyl (C=O) groups is 2. The summed E-state index contributed by atoms with van der Waals surface area (Å²) in [7, 11) is 0. The van der Waals surface area contributed by atoms with Crippen LogP contribution in [0.4, 0.5) is 20.6 Å². The highest BCUT2D eigenvalue weighted by molar-refractivity contribution is 7.59. The zero-order chi connectivity index (χ0) is 23.5.